The third kappa shape index (κ3) is 2.44. The summed E-state index contributed by atoms with van der Waals surface area (Å²) in [5.41, 5.74) is 2.45. The van der Waals surface area contributed by atoms with Gasteiger partial charge in [-0.2, -0.15) is 0 Å². The van der Waals surface area contributed by atoms with Crippen molar-refractivity contribution in [3.05, 3.63) is 28.8 Å². The molecule has 1 aliphatic rings. The Hall–Kier alpha value is -0.730. The molecule has 1 unspecified atom stereocenters. The molecule has 0 bridgehead atoms. The normalized spacial score (nSPS) is 19.5. The number of hydrogen-bond acceptors (Lipinski definition) is 2. The second-order valence-electron chi connectivity index (χ2n) is 3.94. The maximum absolute atomic E-state index is 6.15. The van der Waals surface area contributed by atoms with Crippen molar-refractivity contribution in [3.8, 4) is 0 Å². The first-order valence-electron chi connectivity index (χ1n) is 5.34. The smallest absolute Gasteiger partial charge is 0.0640 e. The predicted octanol–water partition coefficient (Wildman–Crippen LogP) is 3.10. The highest BCUT2D eigenvalue weighted by Crippen LogP contribution is 2.32. The third-order valence-corrected chi connectivity index (χ3v) is 3.20. The molecule has 1 aromatic rings. The van der Waals surface area contributed by atoms with Gasteiger partial charge in [-0.25, -0.2) is 0 Å². The van der Waals surface area contributed by atoms with Crippen molar-refractivity contribution < 1.29 is 4.74 Å². The van der Waals surface area contributed by atoms with E-state index >= 15 is 0 Å². The number of nitrogens with one attached hydrogen (secondary N) is 1. The number of halogens is 1. The molecule has 15 heavy (non-hydrogen) atoms. The van der Waals surface area contributed by atoms with Gasteiger partial charge in [-0.1, -0.05) is 23.7 Å². The average Bonchev–Trinajstić information content (AvgIpc) is 2.27. The first kappa shape index (κ1) is 10.8. The van der Waals surface area contributed by atoms with E-state index < -0.39 is 0 Å². The molecule has 0 aromatic heterocycles. The summed E-state index contributed by atoms with van der Waals surface area (Å²) >= 11 is 6.15. The zero-order valence-corrected chi connectivity index (χ0v) is 9.68. The van der Waals surface area contributed by atoms with Crippen LogP contribution in [0.4, 0.5) is 5.69 Å². The summed E-state index contributed by atoms with van der Waals surface area (Å²) in [6, 6.07) is 6.59. The number of ether oxygens (including phenoxy) is 1. The summed E-state index contributed by atoms with van der Waals surface area (Å²) in [6.45, 7) is 0.803. The molecule has 1 N–H and O–H groups in total. The largest absolute Gasteiger partial charge is 0.385 e. The minimum Gasteiger partial charge on any atom is -0.385 e. The molecule has 0 spiro atoms. The minimum atomic E-state index is 0.498. The van der Waals surface area contributed by atoms with Gasteiger partial charge in [-0.15, -0.1) is 0 Å². The van der Waals surface area contributed by atoms with Crippen LogP contribution in [0.5, 0.6) is 0 Å². The molecule has 1 aromatic carbocycles. The SMILES string of the molecule is COCCC1CCc2cccc(Cl)c2N1. The quantitative estimate of drug-likeness (QED) is 0.854. The van der Waals surface area contributed by atoms with Gasteiger partial charge in [0.1, 0.15) is 0 Å². The molecule has 82 valence electrons. The summed E-state index contributed by atoms with van der Waals surface area (Å²) in [6.07, 6.45) is 3.31. The summed E-state index contributed by atoms with van der Waals surface area (Å²) in [7, 11) is 1.74. The molecule has 0 radical (unpaired) electrons. The van der Waals surface area contributed by atoms with Crippen molar-refractivity contribution in [2.75, 3.05) is 19.0 Å². The van der Waals surface area contributed by atoms with E-state index in [9.17, 15) is 0 Å². The number of methoxy groups -OCH3 is 1. The van der Waals surface area contributed by atoms with Crippen molar-refractivity contribution in [1.82, 2.24) is 0 Å². The van der Waals surface area contributed by atoms with E-state index in [1.807, 2.05) is 12.1 Å². The van der Waals surface area contributed by atoms with Crippen LogP contribution in [0.1, 0.15) is 18.4 Å². The first-order chi connectivity index (χ1) is 7.31. The van der Waals surface area contributed by atoms with Crippen LogP contribution in [0.2, 0.25) is 5.02 Å². The van der Waals surface area contributed by atoms with E-state index in [4.69, 9.17) is 16.3 Å². The van der Waals surface area contributed by atoms with Gasteiger partial charge in [0.2, 0.25) is 0 Å². The predicted molar refractivity (Wildman–Crippen MR) is 63.7 cm³/mol. The van der Waals surface area contributed by atoms with Gasteiger partial charge in [0.05, 0.1) is 10.7 Å². The van der Waals surface area contributed by atoms with Gasteiger partial charge in [0, 0.05) is 19.8 Å². The maximum Gasteiger partial charge on any atom is 0.0640 e. The number of benzene rings is 1. The van der Waals surface area contributed by atoms with E-state index in [-0.39, 0.29) is 0 Å². The standard InChI is InChI=1S/C12H16ClNO/c1-15-8-7-10-6-5-9-3-2-4-11(13)12(9)14-10/h2-4,10,14H,5-8H2,1H3. The van der Waals surface area contributed by atoms with Gasteiger partial charge in [-0.3, -0.25) is 0 Å². The molecule has 1 atom stereocenters. The summed E-state index contributed by atoms with van der Waals surface area (Å²) in [5, 5.41) is 4.32. The maximum atomic E-state index is 6.15. The van der Waals surface area contributed by atoms with Crippen LogP contribution in [0.25, 0.3) is 0 Å². The van der Waals surface area contributed by atoms with Crippen LogP contribution < -0.4 is 5.32 Å². The fraction of sp³-hybridized carbons (Fsp3) is 0.500. The first-order valence-corrected chi connectivity index (χ1v) is 5.72. The number of para-hydroxylation sites is 1. The highest BCUT2D eigenvalue weighted by atomic mass is 35.5. The van der Waals surface area contributed by atoms with Crippen molar-refractivity contribution in [2.45, 2.75) is 25.3 Å². The molecular weight excluding hydrogens is 210 g/mol. The van der Waals surface area contributed by atoms with Crippen molar-refractivity contribution >= 4 is 17.3 Å². The Labute approximate surface area is 95.6 Å². The van der Waals surface area contributed by atoms with Gasteiger partial charge in [0.25, 0.3) is 0 Å². The lowest BCUT2D eigenvalue weighted by Gasteiger charge is -2.27. The Morgan fingerprint density at radius 2 is 2.40 bits per heavy atom. The van der Waals surface area contributed by atoms with E-state index in [0.717, 1.165) is 36.6 Å². The van der Waals surface area contributed by atoms with Crippen LogP contribution in [-0.2, 0) is 11.2 Å². The Bertz CT molecular complexity index is 340. The molecule has 3 heteroatoms. The summed E-state index contributed by atoms with van der Waals surface area (Å²) in [5.74, 6) is 0. The number of fused-ring (bicyclic) bond motifs is 1. The number of rotatable bonds is 3. The Kier molecular flexibility index (Phi) is 3.49. The molecule has 0 aliphatic carbocycles. The Morgan fingerprint density at radius 3 is 3.20 bits per heavy atom. The second-order valence-corrected chi connectivity index (χ2v) is 4.34. The summed E-state index contributed by atoms with van der Waals surface area (Å²) < 4.78 is 5.09. The topological polar surface area (TPSA) is 21.3 Å². The van der Waals surface area contributed by atoms with E-state index in [0.29, 0.717) is 6.04 Å². The molecular formula is C12H16ClNO. The van der Waals surface area contributed by atoms with Crippen LogP contribution in [0, 0.1) is 0 Å². The van der Waals surface area contributed by atoms with Gasteiger partial charge in [0.15, 0.2) is 0 Å². The third-order valence-electron chi connectivity index (χ3n) is 2.88. The Balaban J connectivity index is 2.08. The minimum absolute atomic E-state index is 0.498. The molecule has 2 nitrogen and oxygen atoms in total. The van der Waals surface area contributed by atoms with Crippen molar-refractivity contribution in [3.63, 3.8) is 0 Å². The fourth-order valence-electron chi connectivity index (χ4n) is 2.02. The van der Waals surface area contributed by atoms with Gasteiger partial charge in [-0.05, 0) is 30.9 Å². The molecule has 2 rings (SSSR count). The Morgan fingerprint density at radius 1 is 1.53 bits per heavy atom. The number of aryl methyl sites for hydroxylation is 1. The lowest BCUT2D eigenvalue weighted by atomic mass is 9.96. The number of anilines is 1. The average molecular weight is 226 g/mol. The molecule has 1 heterocycles. The van der Waals surface area contributed by atoms with Crippen molar-refractivity contribution in [1.29, 1.82) is 0 Å². The zero-order chi connectivity index (χ0) is 10.7. The molecule has 1 aliphatic heterocycles. The fourth-order valence-corrected chi connectivity index (χ4v) is 2.27. The van der Waals surface area contributed by atoms with Gasteiger partial charge < -0.3 is 10.1 Å². The van der Waals surface area contributed by atoms with Crippen molar-refractivity contribution in [2.24, 2.45) is 0 Å². The lowest BCUT2D eigenvalue weighted by Crippen LogP contribution is -2.26. The van der Waals surface area contributed by atoms with E-state index in [1.165, 1.54) is 5.56 Å². The molecule has 0 saturated heterocycles. The lowest BCUT2D eigenvalue weighted by molar-refractivity contribution is 0.188. The van der Waals surface area contributed by atoms with Crippen LogP contribution >= 0.6 is 11.6 Å². The molecule has 0 amide bonds. The zero-order valence-electron chi connectivity index (χ0n) is 8.92. The van der Waals surface area contributed by atoms with E-state index in [2.05, 4.69) is 11.4 Å². The second kappa shape index (κ2) is 4.86. The summed E-state index contributed by atoms with van der Waals surface area (Å²) in [4.78, 5) is 0. The van der Waals surface area contributed by atoms with E-state index in [1.54, 1.807) is 7.11 Å². The highest BCUT2D eigenvalue weighted by Gasteiger charge is 2.18. The monoisotopic (exact) mass is 225 g/mol. The molecule has 0 saturated carbocycles. The van der Waals surface area contributed by atoms with Gasteiger partial charge >= 0.3 is 0 Å². The highest BCUT2D eigenvalue weighted by molar-refractivity contribution is 6.33. The van der Waals surface area contributed by atoms with Crippen LogP contribution in [-0.4, -0.2) is 19.8 Å². The van der Waals surface area contributed by atoms with Crippen LogP contribution in [0.3, 0.4) is 0 Å². The number of hydrogen-bond donors (Lipinski definition) is 1. The van der Waals surface area contributed by atoms with Crippen LogP contribution in [0.15, 0.2) is 18.2 Å². The molecule has 0 fully saturated rings.